The first-order valence-corrected chi connectivity index (χ1v) is 6.13. The first kappa shape index (κ1) is 12.6. The Kier molecular flexibility index (Phi) is 3.36. The first-order chi connectivity index (χ1) is 8.50. The number of nitrogens with one attached hydrogen (secondary N) is 1. The molecule has 0 heterocycles. The maximum atomic E-state index is 11.9. The van der Waals surface area contributed by atoms with Crippen LogP contribution >= 0.6 is 0 Å². The van der Waals surface area contributed by atoms with Crippen LogP contribution in [-0.4, -0.2) is 17.0 Å². The highest BCUT2D eigenvalue weighted by Crippen LogP contribution is 2.39. The molecule has 0 radical (unpaired) electrons. The molecule has 0 bridgehead atoms. The number of aliphatic carboxylic acids is 1. The van der Waals surface area contributed by atoms with Crippen molar-refractivity contribution >= 4 is 17.6 Å². The maximum Gasteiger partial charge on any atom is 0.307 e. The van der Waals surface area contributed by atoms with E-state index in [0.29, 0.717) is 12.3 Å². The van der Waals surface area contributed by atoms with Gasteiger partial charge < -0.3 is 10.4 Å². The lowest BCUT2D eigenvalue weighted by Crippen LogP contribution is -2.17. The Morgan fingerprint density at radius 2 is 1.94 bits per heavy atom. The molecule has 1 aliphatic carbocycles. The van der Waals surface area contributed by atoms with Gasteiger partial charge >= 0.3 is 5.97 Å². The van der Waals surface area contributed by atoms with Crippen LogP contribution in [0.25, 0.3) is 0 Å². The molecule has 0 aromatic heterocycles. The SMILES string of the molecule is CC(C)c1ccccc1NC(=O)C1CC1C(=O)O. The van der Waals surface area contributed by atoms with Gasteiger partial charge in [0, 0.05) is 5.69 Å². The van der Waals surface area contributed by atoms with Crippen molar-refractivity contribution in [3.63, 3.8) is 0 Å². The number of carboxylic acid groups (broad SMARTS) is 1. The lowest BCUT2D eigenvalue weighted by molar-refractivity contribution is -0.139. The summed E-state index contributed by atoms with van der Waals surface area (Å²) < 4.78 is 0. The second-order valence-corrected chi connectivity index (χ2v) is 5.02. The van der Waals surface area contributed by atoms with Crippen LogP contribution in [0.4, 0.5) is 5.69 Å². The van der Waals surface area contributed by atoms with Crippen molar-refractivity contribution in [1.29, 1.82) is 0 Å². The topological polar surface area (TPSA) is 66.4 Å². The van der Waals surface area contributed by atoms with E-state index in [4.69, 9.17) is 5.11 Å². The molecule has 0 aliphatic heterocycles. The summed E-state index contributed by atoms with van der Waals surface area (Å²) in [6.07, 6.45) is 0.449. The smallest absolute Gasteiger partial charge is 0.307 e. The summed E-state index contributed by atoms with van der Waals surface area (Å²) in [4.78, 5) is 22.6. The summed E-state index contributed by atoms with van der Waals surface area (Å²) in [5, 5.41) is 11.6. The third-order valence-electron chi connectivity index (χ3n) is 3.29. The summed E-state index contributed by atoms with van der Waals surface area (Å²) in [5.74, 6) is -1.63. The number of hydrogen-bond acceptors (Lipinski definition) is 2. The molecule has 18 heavy (non-hydrogen) atoms. The first-order valence-electron chi connectivity index (χ1n) is 6.13. The van der Waals surface area contributed by atoms with Crippen LogP contribution in [0.3, 0.4) is 0 Å². The van der Waals surface area contributed by atoms with Gasteiger partial charge in [-0.2, -0.15) is 0 Å². The number of carbonyl (C=O) groups excluding carboxylic acids is 1. The Morgan fingerprint density at radius 1 is 1.28 bits per heavy atom. The molecule has 2 rings (SSSR count). The van der Waals surface area contributed by atoms with Crippen LogP contribution < -0.4 is 5.32 Å². The third-order valence-corrected chi connectivity index (χ3v) is 3.29. The van der Waals surface area contributed by atoms with Crippen molar-refractivity contribution in [3.05, 3.63) is 29.8 Å². The van der Waals surface area contributed by atoms with Crippen LogP contribution in [0.15, 0.2) is 24.3 Å². The van der Waals surface area contributed by atoms with E-state index in [-0.39, 0.29) is 11.8 Å². The minimum Gasteiger partial charge on any atom is -0.481 e. The molecule has 1 aromatic carbocycles. The highest BCUT2D eigenvalue weighted by atomic mass is 16.4. The van der Waals surface area contributed by atoms with Gasteiger partial charge in [-0.3, -0.25) is 9.59 Å². The van der Waals surface area contributed by atoms with E-state index < -0.39 is 11.9 Å². The van der Waals surface area contributed by atoms with Gasteiger partial charge in [-0.15, -0.1) is 0 Å². The second kappa shape index (κ2) is 4.80. The van der Waals surface area contributed by atoms with Crippen LogP contribution in [0.2, 0.25) is 0 Å². The zero-order valence-corrected chi connectivity index (χ0v) is 10.5. The molecule has 2 atom stereocenters. The number of benzene rings is 1. The molecule has 1 aromatic rings. The van der Waals surface area contributed by atoms with Gasteiger partial charge in [-0.05, 0) is 24.0 Å². The van der Waals surface area contributed by atoms with E-state index in [9.17, 15) is 9.59 Å². The molecule has 2 unspecified atom stereocenters. The lowest BCUT2D eigenvalue weighted by atomic mass is 10.0. The van der Waals surface area contributed by atoms with Crippen molar-refractivity contribution in [2.45, 2.75) is 26.2 Å². The maximum absolute atomic E-state index is 11.9. The fourth-order valence-corrected chi connectivity index (χ4v) is 2.10. The molecule has 4 heteroatoms. The minimum absolute atomic E-state index is 0.185. The Bertz CT molecular complexity index is 482. The summed E-state index contributed by atoms with van der Waals surface area (Å²) >= 11 is 0. The Hall–Kier alpha value is -1.84. The molecule has 4 nitrogen and oxygen atoms in total. The molecule has 2 N–H and O–H groups in total. The molecule has 0 spiro atoms. The molecular weight excluding hydrogens is 230 g/mol. The predicted octanol–water partition coefficient (Wildman–Crippen LogP) is 2.47. The largest absolute Gasteiger partial charge is 0.481 e. The molecule has 0 saturated heterocycles. The highest BCUT2D eigenvalue weighted by Gasteiger charge is 2.48. The van der Waals surface area contributed by atoms with E-state index in [2.05, 4.69) is 19.2 Å². The normalized spacial score (nSPS) is 21.7. The van der Waals surface area contributed by atoms with Crippen LogP contribution in [0.5, 0.6) is 0 Å². The zero-order valence-electron chi connectivity index (χ0n) is 10.5. The van der Waals surface area contributed by atoms with Gasteiger partial charge in [0.2, 0.25) is 5.91 Å². The van der Waals surface area contributed by atoms with Gasteiger partial charge in [0.05, 0.1) is 11.8 Å². The van der Waals surface area contributed by atoms with Crippen molar-refractivity contribution in [3.8, 4) is 0 Å². The molecular formula is C14H17NO3. The highest BCUT2D eigenvalue weighted by molar-refractivity contribution is 5.98. The standard InChI is InChI=1S/C14H17NO3/c1-8(2)9-5-3-4-6-12(9)15-13(16)10-7-11(10)14(17)18/h3-6,8,10-11H,7H2,1-2H3,(H,15,16)(H,17,18). The minimum atomic E-state index is -0.882. The Balaban J connectivity index is 2.06. The van der Waals surface area contributed by atoms with E-state index in [0.717, 1.165) is 11.3 Å². The van der Waals surface area contributed by atoms with Crippen molar-refractivity contribution in [1.82, 2.24) is 0 Å². The molecule has 1 aliphatic rings. The molecule has 96 valence electrons. The lowest BCUT2D eigenvalue weighted by Gasteiger charge is -2.13. The predicted molar refractivity (Wildman–Crippen MR) is 68.4 cm³/mol. The number of para-hydroxylation sites is 1. The van der Waals surface area contributed by atoms with E-state index >= 15 is 0 Å². The Labute approximate surface area is 106 Å². The fraction of sp³-hybridized carbons (Fsp3) is 0.429. The quantitative estimate of drug-likeness (QED) is 0.859. The van der Waals surface area contributed by atoms with E-state index in [1.807, 2.05) is 24.3 Å². The monoisotopic (exact) mass is 247 g/mol. The van der Waals surface area contributed by atoms with Crippen molar-refractivity contribution in [2.75, 3.05) is 5.32 Å². The Morgan fingerprint density at radius 3 is 2.50 bits per heavy atom. The van der Waals surface area contributed by atoms with E-state index in [1.165, 1.54) is 0 Å². The average molecular weight is 247 g/mol. The van der Waals surface area contributed by atoms with Gasteiger partial charge in [-0.25, -0.2) is 0 Å². The van der Waals surface area contributed by atoms with Gasteiger partial charge in [0.15, 0.2) is 0 Å². The number of amides is 1. The van der Waals surface area contributed by atoms with Crippen molar-refractivity contribution in [2.24, 2.45) is 11.8 Å². The number of hydrogen-bond donors (Lipinski definition) is 2. The summed E-state index contributed by atoms with van der Waals surface area (Å²) in [5.41, 5.74) is 1.85. The van der Waals surface area contributed by atoms with Crippen molar-refractivity contribution < 1.29 is 14.7 Å². The van der Waals surface area contributed by atoms with Gasteiger partial charge in [0.25, 0.3) is 0 Å². The third kappa shape index (κ3) is 2.53. The second-order valence-electron chi connectivity index (χ2n) is 5.02. The van der Waals surface area contributed by atoms with E-state index in [1.54, 1.807) is 0 Å². The summed E-state index contributed by atoms with van der Waals surface area (Å²) in [6, 6.07) is 7.62. The number of anilines is 1. The summed E-state index contributed by atoms with van der Waals surface area (Å²) in [6.45, 7) is 4.12. The van der Waals surface area contributed by atoms with Crippen LogP contribution in [0, 0.1) is 11.8 Å². The van der Waals surface area contributed by atoms with Crippen LogP contribution in [-0.2, 0) is 9.59 Å². The zero-order chi connectivity index (χ0) is 13.3. The molecule has 1 amide bonds. The number of carbonyl (C=O) groups is 2. The average Bonchev–Trinajstić information content (AvgIpc) is 3.09. The number of rotatable bonds is 4. The van der Waals surface area contributed by atoms with Gasteiger partial charge in [0.1, 0.15) is 0 Å². The number of carboxylic acids is 1. The summed E-state index contributed by atoms with van der Waals surface area (Å²) in [7, 11) is 0. The molecule has 1 saturated carbocycles. The van der Waals surface area contributed by atoms with Crippen LogP contribution in [0.1, 0.15) is 31.7 Å². The fourth-order valence-electron chi connectivity index (χ4n) is 2.10. The van der Waals surface area contributed by atoms with Gasteiger partial charge in [-0.1, -0.05) is 32.0 Å². The molecule has 1 fully saturated rings.